The van der Waals surface area contributed by atoms with Crippen LogP contribution in [0.5, 0.6) is 0 Å². The van der Waals surface area contributed by atoms with Crippen molar-refractivity contribution in [3.8, 4) is 0 Å². The van der Waals surface area contributed by atoms with Crippen LogP contribution in [0.2, 0.25) is 0 Å². The van der Waals surface area contributed by atoms with Crippen molar-refractivity contribution < 1.29 is 4.74 Å². The molecule has 1 aromatic carbocycles. The zero-order chi connectivity index (χ0) is 12.5. The van der Waals surface area contributed by atoms with E-state index in [9.17, 15) is 0 Å². The van der Waals surface area contributed by atoms with E-state index in [1.165, 1.54) is 24.0 Å². The van der Waals surface area contributed by atoms with Gasteiger partial charge in [0.15, 0.2) is 0 Å². The lowest BCUT2D eigenvalue weighted by atomic mass is 10.1. The number of ether oxygens (including phenoxy) is 1. The predicted octanol–water partition coefficient (Wildman–Crippen LogP) is 2.24. The van der Waals surface area contributed by atoms with E-state index in [0.29, 0.717) is 12.1 Å². The van der Waals surface area contributed by atoms with Crippen LogP contribution in [0.1, 0.15) is 42.5 Å². The average molecular weight is 246 g/mol. The number of fused-ring (bicyclic) bond motifs is 1. The molecule has 98 valence electrons. The SMILES string of the molecule is CN(CC1CCCO1)C1CC(N)c2ccccc21. The molecule has 3 heteroatoms. The maximum Gasteiger partial charge on any atom is 0.0702 e. The van der Waals surface area contributed by atoms with Gasteiger partial charge in [-0.05, 0) is 37.4 Å². The van der Waals surface area contributed by atoms with E-state index < -0.39 is 0 Å². The monoisotopic (exact) mass is 246 g/mol. The summed E-state index contributed by atoms with van der Waals surface area (Å²) >= 11 is 0. The quantitative estimate of drug-likeness (QED) is 0.889. The summed E-state index contributed by atoms with van der Waals surface area (Å²) in [6, 6.07) is 9.24. The van der Waals surface area contributed by atoms with E-state index in [2.05, 4.69) is 36.2 Å². The summed E-state index contributed by atoms with van der Waals surface area (Å²) in [6.45, 7) is 1.95. The van der Waals surface area contributed by atoms with Crippen LogP contribution < -0.4 is 5.73 Å². The Bertz CT molecular complexity index is 415. The molecule has 0 amide bonds. The van der Waals surface area contributed by atoms with Crippen LogP contribution in [0.15, 0.2) is 24.3 Å². The number of rotatable bonds is 3. The second-order valence-corrected chi connectivity index (χ2v) is 5.56. The summed E-state index contributed by atoms with van der Waals surface area (Å²) in [7, 11) is 2.20. The molecule has 1 saturated heterocycles. The number of likely N-dealkylation sites (N-methyl/N-ethyl adjacent to an activating group) is 1. The first-order valence-electron chi connectivity index (χ1n) is 6.92. The molecule has 1 aliphatic carbocycles. The highest BCUT2D eigenvalue weighted by atomic mass is 16.5. The smallest absolute Gasteiger partial charge is 0.0702 e. The van der Waals surface area contributed by atoms with E-state index in [1.54, 1.807) is 0 Å². The van der Waals surface area contributed by atoms with E-state index in [1.807, 2.05) is 0 Å². The Balaban J connectivity index is 1.73. The van der Waals surface area contributed by atoms with Gasteiger partial charge in [-0.1, -0.05) is 24.3 Å². The maximum atomic E-state index is 6.22. The molecule has 0 spiro atoms. The van der Waals surface area contributed by atoms with Crippen LogP contribution in [0, 0.1) is 0 Å². The highest BCUT2D eigenvalue weighted by Gasteiger charge is 2.32. The van der Waals surface area contributed by atoms with Gasteiger partial charge in [0.2, 0.25) is 0 Å². The van der Waals surface area contributed by atoms with Crippen molar-refractivity contribution >= 4 is 0 Å². The molecule has 18 heavy (non-hydrogen) atoms. The Kier molecular flexibility index (Phi) is 3.37. The highest BCUT2D eigenvalue weighted by molar-refractivity contribution is 5.37. The van der Waals surface area contributed by atoms with Gasteiger partial charge in [-0.3, -0.25) is 4.90 Å². The highest BCUT2D eigenvalue weighted by Crippen LogP contribution is 2.40. The molecule has 3 unspecified atom stereocenters. The van der Waals surface area contributed by atoms with Crippen molar-refractivity contribution in [2.24, 2.45) is 5.73 Å². The fourth-order valence-electron chi connectivity index (χ4n) is 3.30. The van der Waals surface area contributed by atoms with Gasteiger partial charge in [-0.2, -0.15) is 0 Å². The lowest BCUT2D eigenvalue weighted by molar-refractivity contribution is 0.0672. The molecule has 0 radical (unpaired) electrons. The van der Waals surface area contributed by atoms with Gasteiger partial charge in [0.25, 0.3) is 0 Å². The molecule has 0 bridgehead atoms. The molecule has 0 saturated carbocycles. The van der Waals surface area contributed by atoms with Crippen LogP contribution in [-0.2, 0) is 4.74 Å². The number of nitrogens with zero attached hydrogens (tertiary/aromatic N) is 1. The third kappa shape index (κ3) is 2.18. The second kappa shape index (κ2) is 5.00. The minimum absolute atomic E-state index is 0.193. The molecule has 1 fully saturated rings. The number of nitrogens with two attached hydrogens (primary N) is 1. The first-order chi connectivity index (χ1) is 8.75. The zero-order valence-corrected chi connectivity index (χ0v) is 11.0. The standard InChI is InChI=1S/C15H22N2O/c1-17(10-11-5-4-8-18-11)15-9-14(16)12-6-2-3-7-13(12)15/h2-3,6-7,11,14-15H,4-5,8-10,16H2,1H3. The summed E-state index contributed by atoms with van der Waals surface area (Å²) in [4.78, 5) is 2.42. The molecule has 2 aliphatic rings. The van der Waals surface area contributed by atoms with Crippen LogP contribution in [0.4, 0.5) is 0 Å². The molecule has 1 aliphatic heterocycles. The normalized spacial score (nSPS) is 30.9. The van der Waals surface area contributed by atoms with Crippen LogP contribution in [0.3, 0.4) is 0 Å². The largest absolute Gasteiger partial charge is 0.377 e. The molecule has 3 nitrogen and oxygen atoms in total. The van der Waals surface area contributed by atoms with Crippen molar-refractivity contribution in [2.75, 3.05) is 20.2 Å². The summed E-state index contributed by atoms with van der Waals surface area (Å²) in [6.07, 6.45) is 3.85. The summed E-state index contributed by atoms with van der Waals surface area (Å²) in [5, 5.41) is 0. The maximum absolute atomic E-state index is 6.22. The van der Waals surface area contributed by atoms with Crippen molar-refractivity contribution in [1.82, 2.24) is 4.90 Å². The van der Waals surface area contributed by atoms with Gasteiger partial charge >= 0.3 is 0 Å². The third-order valence-corrected chi connectivity index (χ3v) is 4.28. The molecule has 0 aromatic heterocycles. The minimum Gasteiger partial charge on any atom is -0.377 e. The summed E-state index contributed by atoms with van der Waals surface area (Å²) < 4.78 is 5.73. The number of hydrogen-bond donors (Lipinski definition) is 1. The Morgan fingerprint density at radius 1 is 1.33 bits per heavy atom. The van der Waals surface area contributed by atoms with E-state index >= 15 is 0 Å². The molecule has 3 atom stereocenters. The van der Waals surface area contributed by atoms with Crippen molar-refractivity contribution in [3.05, 3.63) is 35.4 Å². The van der Waals surface area contributed by atoms with Crippen molar-refractivity contribution in [1.29, 1.82) is 0 Å². The van der Waals surface area contributed by atoms with Crippen LogP contribution >= 0.6 is 0 Å². The Hall–Kier alpha value is -0.900. The van der Waals surface area contributed by atoms with Gasteiger partial charge < -0.3 is 10.5 Å². The second-order valence-electron chi connectivity index (χ2n) is 5.56. The van der Waals surface area contributed by atoms with Crippen LogP contribution in [0.25, 0.3) is 0 Å². The van der Waals surface area contributed by atoms with Gasteiger partial charge in [-0.25, -0.2) is 0 Å². The molecular weight excluding hydrogens is 224 g/mol. The van der Waals surface area contributed by atoms with E-state index in [4.69, 9.17) is 10.5 Å². The lowest BCUT2D eigenvalue weighted by Gasteiger charge is -2.27. The molecule has 1 heterocycles. The van der Waals surface area contributed by atoms with Gasteiger partial charge in [0.05, 0.1) is 6.10 Å². The molecule has 3 rings (SSSR count). The first-order valence-corrected chi connectivity index (χ1v) is 6.92. The number of hydrogen-bond acceptors (Lipinski definition) is 3. The van der Waals surface area contributed by atoms with Crippen molar-refractivity contribution in [3.63, 3.8) is 0 Å². The lowest BCUT2D eigenvalue weighted by Crippen LogP contribution is -2.31. The fourth-order valence-corrected chi connectivity index (χ4v) is 3.30. The van der Waals surface area contributed by atoms with E-state index in [-0.39, 0.29) is 6.04 Å². The molecule has 1 aromatic rings. The Morgan fingerprint density at radius 3 is 2.83 bits per heavy atom. The van der Waals surface area contributed by atoms with Crippen molar-refractivity contribution in [2.45, 2.75) is 37.5 Å². The third-order valence-electron chi connectivity index (χ3n) is 4.28. The topological polar surface area (TPSA) is 38.5 Å². The average Bonchev–Trinajstić information content (AvgIpc) is 2.98. The molecule has 2 N–H and O–H groups in total. The zero-order valence-electron chi connectivity index (χ0n) is 11.0. The molecular formula is C15H22N2O. The van der Waals surface area contributed by atoms with Gasteiger partial charge in [0, 0.05) is 25.2 Å². The predicted molar refractivity (Wildman–Crippen MR) is 72.3 cm³/mol. The van der Waals surface area contributed by atoms with Gasteiger partial charge in [0.1, 0.15) is 0 Å². The Morgan fingerprint density at radius 2 is 2.11 bits per heavy atom. The minimum atomic E-state index is 0.193. The first kappa shape index (κ1) is 12.2. The van der Waals surface area contributed by atoms with Crippen LogP contribution in [-0.4, -0.2) is 31.2 Å². The van der Waals surface area contributed by atoms with E-state index in [0.717, 1.165) is 19.6 Å². The van der Waals surface area contributed by atoms with Gasteiger partial charge in [-0.15, -0.1) is 0 Å². The Labute approximate surface area is 109 Å². The summed E-state index contributed by atoms with van der Waals surface area (Å²) in [5.74, 6) is 0. The number of benzene rings is 1. The summed E-state index contributed by atoms with van der Waals surface area (Å²) in [5.41, 5.74) is 8.95. The fraction of sp³-hybridized carbons (Fsp3) is 0.600.